The van der Waals surface area contributed by atoms with Gasteiger partial charge in [-0.1, -0.05) is 0 Å². The molecule has 4 nitrogen and oxygen atoms in total. The average Bonchev–Trinajstić information content (AvgIpc) is 2.51. The van der Waals surface area contributed by atoms with Crippen molar-refractivity contribution in [3.05, 3.63) is 12.3 Å². The van der Waals surface area contributed by atoms with Crippen LogP contribution in [0.4, 0.5) is 11.8 Å². The average molecular weight is 200 g/mol. The fraction of sp³-hybridized carbons (Fsp3) is 0.500. The van der Waals surface area contributed by atoms with Crippen molar-refractivity contribution in [1.82, 2.24) is 4.98 Å². The number of fused-ring (bicyclic) bond motifs is 1. The lowest BCUT2D eigenvalue weighted by Crippen LogP contribution is -2.36. The third-order valence-corrected chi connectivity index (χ3v) is 2.42. The van der Waals surface area contributed by atoms with Crippen molar-refractivity contribution in [3.63, 3.8) is 0 Å². The zero-order chi connectivity index (χ0) is 9.26. The van der Waals surface area contributed by atoms with E-state index in [0.29, 0.717) is 11.8 Å². The highest BCUT2D eigenvalue weighted by Crippen LogP contribution is 2.13. The number of hydrogen-bond donors (Lipinski definition) is 1. The van der Waals surface area contributed by atoms with Crippen LogP contribution in [0.25, 0.3) is 0 Å². The molecule has 1 aromatic heterocycles. The van der Waals surface area contributed by atoms with Crippen LogP contribution in [0, 0.1) is 0 Å². The molecule has 1 aromatic rings. The number of hydrogen-bond acceptors (Lipinski definition) is 3. The summed E-state index contributed by atoms with van der Waals surface area (Å²) in [4.78, 5) is 6.24. The summed E-state index contributed by atoms with van der Waals surface area (Å²) in [5.41, 5.74) is 5.72. The van der Waals surface area contributed by atoms with Crippen LogP contribution in [0.5, 0.6) is 0 Å². The lowest BCUT2D eigenvalue weighted by Gasteiger charge is -2.10. The Morgan fingerprint density at radius 1 is 1.69 bits per heavy atom. The van der Waals surface area contributed by atoms with Crippen molar-refractivity contribution in [3.8, 4) is 0 Å². The Bertz CT molecular complexity index is 315. The first-order chi connectivity index (χ1) is 6.33. The monoisotopic (exact) mass is 199 g/mol. The summed E-state index contributed by atoms with van der Waals surface area (Å²) in [5, 5.41) is 0. The summed E-state index contributed by atoms with van der Waals surface area (Å²) in [7, 11) is 0. The Labute approximate surface area is 81.9 Å². The second kappa shape index (κ2) is 3.38. The predicted octanol–water partition coefficient (Wildman–Crippen LogP) is 0.0101. The van der Waals surface area contributed by atoms with Gasteiger partial charge in [0.15, 0.2) is 0 Å². The molecule has 70 valence electrons. The van der Waals surface area contributed by atoms with Crippen molar-refractivity contribution >= 4 is 23.4 Å². The second-order valence-corrected chi connectivity index (χ2v) is 3.37. The molecule has 0 atom stereocenters. The van der Waals surface area contributed by atoms with Crippen LogP contribution in [0.2, 0.25) is 0 Å². The van der Waals surface area contributed by atoms with E-state index in [1.807, 2.05) is 10.6 Å². The molecule has 5 heteroatoms. The van der Waals surface area contributed by atoms with Crippen LogP contribution in [0.1, 0.15) is 0 Å². The van der Waals surface area contributed by atoms with Crippen molar-refractivity contribution in [1.29, 1.82) is 0 Å². The number of nitrogens with zero attached hydrogens (tertiary/aromatic N) is 3. The molecule has 0 amide bonds. The van der Waals surface area contributed by atoms with E-state index in [4.69, 9.17) is 17.3 Å². The molecule has 0 unspecified atom stereocenters. The summed E-state index contributed by atoms with van der Waals surface area (Å²) in [6.07, 6.45) is 1.73. The zero-order valence-electron chi connectivity index (χ0n) is 7.28. The summed E-state index contributed by atoms with van der Waals surface area (Å²) in [5.74, 6) is 2.34. The minimum absolute atomic E-state index is 0.578. The third kappa shape index (κ3) is 1.42. The highest BCUT2D eigenvalue weighted by molar-refractivity contribution is 6.18. The maximum absolute atomic E-state index is 5.72. The quantitative estimate of drug-likeness (QED) is 0.539. The van der Waals surface area contributed by atoms with Gasteiger partial charge in [-0.25, -0.2) is 4.57 Å². The Kier molecular flexibility index (Phi) is 2.22. The van der Waals surface area contributed by atoms with E-state index in [9.17, 15) is 0 Å². The van der Waals surface area contributed by atoms with Gasteiger partial charge < -0.3 is 10.6 Å². The van der Waals surface area contributed by atoms with E-state index in [2.05, 4.69) is 9.88 Å². The van der Waals surface area contributed by atoms with Crippen LogP contribution in [-0.4, -0.2) is 24.0 Å². The van der Waals surface area contributed by atoms with Gasteiger partial charge in [0.2, 0.25) is 5.82 Å². The van der Waals surface area contributed by atoms with Gasteiger partial charge in [-0.3, -0.25) is 0 Å². The topological polar surface area (TPSA) is 46.0 Å². The molecule has 0 aliphatic carbocycles. The first-order valence-corrected chi connectivity index (χ1v) is 4.81. The maximum atomic E-state index is 5.72. The highest BCUT2D eigenvalue weighted by atomic mass is 35.5. The minimum atomic E-state index is 0.578. The second-order valence-electron chi connectivity index (χ2n) is 2.99. The maximum Gasteiger partial charge on any atom is 0.344 e. The number of rotatable bonds is 2. The zero-order valence-corrected chi connectivity index (χ0v) is 8.04. The third-order valence-electron chi connectivity index (χ3n) is 2.26. The molecule has 1 aliphatic heterocycles. The molecule has 2 rings (SSSR count). The summed E-state index contributed by atoms with van der Waals surface area (Å²) < 4.78 is 2.01. The van der Waals surface area contributed by atoms with Crippen LogP contribution in [0.15, 0.2) is 12.3 Å². The van der Waals surface area contributed by atoms with E-state index in [-0.39, 0.29) is 0 Å². The van der Waals surface area contributed by atoms with Gasteiger partial charge in [-0.05, 0) is 0 Å². The lowest BCUT2D eigenvalue weighted by atomic mass is 10.5. The SMILES string of the molecule is Nc1nccc2[n+]1CCN2CCCl. The van der Waals surface area contributed by atoms with Crippen molar-refractivity contribution in [2.45, 2.75) is 6.54 Å². The summed E-state index contributed by atoms with van der Waals surface area (Å²) in [6, 6.07) is 1.97. The fourth-order valence-electron chi connectivity index (χ4n) is 1.63. The van der Waals surface area contributed by atoms with Crippen LogP contribution in [-0.2, 0) is 6.54 Å². The first-order valence-electron chi connectivity index (χ1n) is 4.28. The van der Waals surface area contributed by atoms with E-state index in [1.165, 1.54) is 0 Å². The summed E-state index contributed by atoms with van der Waals surface area (Å²) in [6.45, 7) is 2.75. The lowest BCUT2D eigenvalue weighted by molar-refractivity contribution is -0.658. The molecular formula is C8H12ClN4+. The molecule has 1 aliphatic rings. The van der Waals surface area contributed by atoms with Gasteiger partial charge in [0.05, 0.1) is 25.8 Å². The van der Waals surface area contributed by atoms with Gasteiger partial charge >= 0.3 is 5.95 Å². The van der Waals surface area contributed by atoms with Gasteiger partial charge in [-0.15, -0.1) is 16.6 Å². The summed E-state index contributed by atoms with van der Waals surface area (Å²) >= 11 is 5.69. The standard InChI is InChI=1S/C8H11ClN4/c9-2-4-12-5-6-13-7(12)1-3-11-8(13)10/h1,3,10H,2,4-6H2/p+1. The number of nitrogen functional groups attached to an aromatic ring is 1. The van der Waals surface area contributed by atoms with Crippen molar-refractivity contribution in [2.75, 3.05) is 29.6 Å². The largest absolute Gasteiger partial charge is 0.344 e. The number of anilines is 2. The van der Waals surface area contributed by atoms with Crippen LogP contribution >= 0.6 is 11.6 Å². The molecule has 0 radical (unpaired) electrons. The van der Waals surface area contributed by atoms with Gasteiger partial charge in [-0.2, -0.15) is 0 Å². The Balaban J connectivity index is 2.32. The van der Waals surface area contributed by atoms with E-state index in [1.54, 1.807) is 6.20 Å². The van der Waals surface area contributed by atoms with E-state index >= 15 is 0 Å². The molecule has 2 N–H and O–H groups in total. The molecule has 2 heterocycles. The Morgan fingerprint density at radius 3 is 3.31 bits per heavy atom. The predicted molar refractivity (Wildman–Crippen MR) is 51.8 cm³/mol. The van der Waals surface area contributed by atoms with E-state index < -0.39 is 0 Å². The van der Waals surface area contributed by atoms with E-state index in [0.717, 1.165) is 25.5 Å². The smallest absolute Gasteiger partial charge is 0.307 e. The number of halogens is 1. The Morgan fingerprint density at radius 2 is 2.54 bits per heavy atom. The molecule has 13 heavy (non-hydrogen) atoms. The van der Waals surface area contributed by atoms with Crippen LogP contribution in [0.3, 0.4) is 0 Å². The molecular weight excluding hydrogens is 188 g/mol. The molecule has 0 aromatic carbocycles. The van der Waals surface area contributed by atoms with Gasteiger partial charge in [0.25, 0.3) is 0 Å². The van der Waals surface area contributed by atoms with Crippen LogP contribution < -0.4 is 15.2 Å². The van der Waals surface area contributed by atoms with Gasteiger partial charge in [0, 0.05) is 11.9 Å². The first kappa shape index (κ1) is 8.56. The van der Waals surface area contributed by atoms with Crippen molar-refractivity contribution in [2.24, 2.45) is 0 Å². The number of nitrogens with two attached hydrogens (primary N) is 1. The molecule has 0 spiro atoms. The Hall–Kier alpha value is -1.03. The molecule has 0 fully saturated rings. The minimum Gasteiger partial charge on any atom is -0.307 e. The highest BCUT2D eigenvalue weighted by Gasteiger charge is 2.24. The molecule has 0 saturated heterocycles. The molecule has 0 saturated carbocycles. The van der Waals surface area contributed by atoms with Crippen molar-refractivity contribution < 1.29 is 4.57 Å². The number of aromatic nitrogens is 2. The molecule has 0 bridgehead atoms. The normalized spacial score (nSPS) is 14.7. The number of alkyl halides is 1. The fourth-order valence-corrected chi connectivity index (χ4v) is 1.83. The van der Waals surface area contributed by atoms with Gasteiger partial charge in [0.1, 0.15) is 0 Å².